The lowest BCUT2D eigenvalue weighted by atomic mass is 10.00. The Bertz CT molecular complexity index is 678. The van der Waals surface area contributed by atoms with Crippen molar-refractivity contribution in [2.75, 3.05) is 26.2 Å². The van der Waals surface area contributed by atoms with E-state index < -0.39 is 5.97 Å². The third kappa shape index (κ3) is 5.60. The minimum absolute atomic E-state index is 0.159. The van der Waals surface area contributed by atoms with Gasteiger partial charge in [-0.2, -0.15) is 0 Å². The number of ether oxygens (including phenoxy) is 1. The molecule has 0 spiro atoms. The largest absolute Gasteiger partial charge is 0.494 e. The zero-order valence-corrected chi connectivity index (χ0v) is 15.1. The van der Waals surface area contributed by atoms with Gasteiger partial charge in [0.1, 0.15) is 5.75 Å². The number of carboxylic acids is 1. The van der Waals surface area contributed by atoms with Gasteiger partial charge in [0.25, 0.3) is 0 Å². The van der Waals surface area contributed by atoms with E-state index in [4.69, 9.17) is 9.84 Å². The number of rotatable bonds is 10. The van der Waals surface area contributed by atoms with Gasteiger partial charge >= 0.3 is 5.97 Å². The molecule has 4 nitrogen and oxygen atoms in total. The van der Waals surface area contributed by atoms with E-state index in [2.05, 4.69) is 41.3 Å². The lowest BCUT2D eigenvalue weighted by Gasteiger charge is -2.36. The Morgan fingerprint density at radius 2 is 1.62 bits per heavy atom. The Kier molecular flexibility index (Phi) is 6.67. The number of hydrogen-bond donors (Lipinski definition) is 1. The average Bonchev–Trinajstić information content (AvgIpc) is 2.62. The molecule has 1 aliphatic heterocycles. The fourth-order valence-corrected chi connectivity index (χ4v) is 3.28. The summed E-state index contributed by atoms with van der Waals surface area (Å²) in [5.41, 5.74) is 2.65. The van der Waals surface area contributed by atoms with E-state index in [1.807, 2.05) is 18.2 Å². The molecule has 0 aromatic heterocycles. The number of hydrogen-bond acceptors (Lipinski definition) is 3. The molecule has 26 heavy (non-hydrogen) atoms. The van der Waals surface area contributed by atoms with Crippen LogP contribution in [0.2, 0.25) is 0 Å². The topological polar surface area (TPSA) is 49.8 Å². The van der Waals surface area contributed by atoms with E-state index in [9.17, 15) is 4.79 Å². The van der Waals surface area contributed by atoms with Crippen LogP contribution in [0.3, 0.4) is 0 Å². The van der Waals surface area contributed by atoms with Crippen molar-refractivity contribution in [1.82, 2.24) is 4.90 Å². The number of carbonyl (C=O) groups is 1. The number of likely N-dealkylation sites (tertiary alicyclic amines) is 1. The molecule has 4 heteroatoms. The van der Waals surface area contributed by atoms with E-state index in [0.29, 0.717) is 13.1 Å². The summed E-state index contributed by atoms with van der Waals surface area (Å²) in [6, 6.07) is 18.8. The summed E-state index contributed by atoms with van der Waals surface area (Å²) in [4.78, 5) is 13.0. The minimum Gasteiger partial charge on any atom is -0.494 e. The fraction of sp³-hybridized carbons (Fsp3) is 0.409. The van der Waals surface area contributed by atoms with Crippen molar-refractivity contribution in [2.24, 2.45) is 5.92 Å². The van der Waals surface area contributed by atoms with Crippen molar-refractivity contribution in [3.8, 4) is 5.75 Å². The molecule has 138 valence electrons. The summed E-state index contributed by atoms with van der Waals surface area (Å²) < 4.78 is 5.82. The molecule has 0 unspecified atom stereocenters. The zero-order chi connectivity index (χ0) is 18.2. The Balaban J connectivity index is 1.29. The smallest absolute Gasteiger partial charge is 0.309 e. The molecule has 1 aliphatic rings. The predicted octanol–water partition coefficient (Wildman–Crippen LogP) is 3.65. The van der Waals surface area contributed by atoms with Crippen LogP contribution in [0.4, 0.5) is 0 Å². The molecule has 3 rings (SSSR count). The Morgan fingerprint density at radius 3 is 2.31 bits per heavy atom. The van der Waals surface area contributed by atoms with Gasteiger partial charge in [-0.3, -0.25) is 4.79 Å². The van der Waals surface area contributed by atoms with Gasteiger partial charge in [0.2, 0.25) is 0 Å². The summed E-state index contributed by atoms with van der Waals surface area (Å²) in [7, 11) is 0. The average molecular weight is 353 g/mol. The van der Waals surface area contributed by atoms with Crippen LogP contribution in [-0.2, 0) is 17.6 Å². The highest BCUT2D eigenvalue weighted by molar-refractivity contribution is 5.71. The molecule has 0 atom stereocenters. The first-order valence-corrected chi connectivity index (χ1v) is 9.41. The zero-order valence-electron chi connectivity index (χ0n) is 15.1. The van der Waals surface area contributed by atoms with E-state index >= 15 is 0 Å². The quantitative estimate of drug-likeness (QED) is 0.663. The molecule has 1 fully saturated rings. The second-order valence-corrected chi connectivity index (χ2v) is 6.98. The van der Waals surface area contributed by atoms with E-state index in [-0.39, 0.29) is 5.92 Å². The van der Waals surface area contributed by atoms with Gasteiger partial charge in [-0.15, -0.1) is 0 Å². The van der Waals surface area contributed by atoms with Crippen LogP contribution in [0, 0.1) is 5.92 Å². The molecule has 0 aliphatic carbocycles. The normalized spacial score (nSPS) is 14.8. The van der Waals surface area contributed by atoms with E-state index in [1.54, 1.807) is 0 Å². The van der Waals surface area contributed by atoms with Crippen LogP contribution in [0.15, 0.2) is 54.6 Å². The van der Waals surface area contributed by atoms with Gasteiger partial charge < -0.3 is 14.7 Å². The highest BCUT2D eigenvalue weighted by Gasteiger charge is 2.31. The number of aryl methyl sites for hydroxylation is 2. The summed E-state index contributed by atoms with van der Waals surface area (Å²) in [6.07, 6.45) is 4.13. The maximum absolute atomic E-state index is 10.8. The van der Waals surface area contributed by atoms with Crippen LogP contribution in [0.25, 0.3) is 0 Å². The van der Waals surface area contributed by atoms with Gasteiger partial charge in [-0.25, -0.2) is 0 Å². The van der Waals surface area contributed by atoms with Gasteiger partial charge in [0.15, 0.2) is 0 Å². The molecule has 2 aromatic rings. The SMILES string of the molecule is O=C(O)C1CN(CCCc2ccc(OCCCc3ccccc3)cc2)C1. The summed E-state index contributed by atoms with van der Waals surface area (Å²) in [6.45, 7) is 3.10. The van der Waals surface area contributed by atoms with Crippen molar-refractivity contribution >= 4 is 5.97 Å². The fourth-order valence-electron chi connectivity index (χ4n) is 3.28. The van der Waals surface area contributed by atoms with Crippen molar-refractivity contribution in [3.05, 3.63) is 65.7 Å². The third-order valence-electron chi connectivity index (χ3n) is 4.89. The highest BCUT2D eigenvalue weighted by Crippen LogP contribution is 2.18. The maximum Gasteiger partial charge on any atom is 0.309 e. The van der Waals surface area contributed by atoms with Crippen molar-refractivity contribution < 1.29 is 14.6 Å². The lowest BCUT2D eigenvalue weighted by molar-refractivity contribution is -0.147. The van der Waals surface area contributed by atoms with E-state index in [1.165, 1.54) is 11.1 Å². The van der Waals surface area contributed by atoms with Crippen molar-refractivity contribution in [1.29, 1.82) is 0 Å². The second-order valence-electron chi connectivity index (χ2n) is 6.98. The lowest BCUT2D eigenvalue weighted by Crippen LogP contribution is -2.50. The van der Waals surface area contributed by atoms with Crippen molar-refractivity contribution in [3.63, 3.8) is 0 Å². The number of benzene rings is 2. The van der Waals surface area contributed by atoms with Crippen LogP contribution in [0.5, 0.6) is 5.75 Å². The molecule has 0 amide bonds. The summed E-state index contributed by atoms with van der Waals surface area (Å²) >= 11 is 0. The van der Waals surface area contributed by atoms with Gasteiger partial charge in [0.05, 0.1) is 12.5 Å². The number of carboxylic acid groups (broad SMARTS) is 1. The van der Waals surface area contributed by atoms with Gasteiger partial charge in [-0.05, 0) is 55.5 Å². The molecule has 2 aromatic carbocycles. The standard InChI is InChI=1S/C22H27NO3/c24-22(25)20-16-23(17-20)14-4-8-19-10-12-21(13-11-19)26-15-5-9-18-6-2-1-3-7-18/h1-3,6-7,10-13,20H,4-5,8-9,14-17H2,(H,24,25). The molecule has 0 radical (unpaired) electrons. The van der Waals surface area contributed by atoms with Crippen LogP contribution in [0.1, 0.15) is 24.0 Å². The van der Waals surface area contributed by atoms with E-state index in [0.717, 1.165) is 44.6 Å². The Morgan fingerprint density at radius 1 is 0.962 bits per heavy atom. The van der Waals surface area contributed by atoms with Crippen molar-refractivity contribution in [2.45, 2.75) is 25.7 Å². The maximum atomic E-state index is 10.8. The highest BCUT2D eigenvalue weighted by atomic mass is 16.5. The minimum atomic E-state index is -0.666. The van der Waals surface area contributed by atoms with Gasteiger partial charge in [0, 0.05) is 13.1 Å². The number of nitrogens with zero attached hydrogens (tertiary/aromatic N) is 1. The second kappa shape index (κ2) is 9.39. The van der Waals surface area contributed by atoms with Crippen LogP contribution >= 0.6 is 0 Å². The molecular formula is C22H27NO3. The predicted molar refractivity (Wildman–Crippen MR) is 103 cm³/mol. The molecule has 1 heterocycles. The first-order chi connectivity index (χ1) is 12.7. The molecule has 1 saturated heterocycles. The molecular weight excluding hydrogens is 326 g/mol. The third-order valence-corrected chi connectivity index (χ3v) is 4.89. The first kappa shape index (κ1) is 18.5. The summed E-state index contributed by atoms with van der Waals surface area (Å²) in [5, 5.41) is 8.88. The number of aliphatic carboxylic acids is 1. The molecule has 0 saturated carbocycles. The molecule has 1 N–H and O–H groups in total. The molecule has 0 bridgehead atoms. The van der Waals surface area contributed by atoms with Gasteiger partial charge in [-0.1, -0.05) is 42.5 Å². The first-order valence-electron chi connectivity index (χ1n) is 9.41. The Hall–Kier alpha value is -2.33. The summed E-state index contributed by atoms with van der Waals surface area (Å²) in [5.74, 6) is 0.0998. The monoisotopic (exact) mass is 353 g/mol. The van der Waals surface area contributed by atoms with Crippen LogP contribution in [-0.4, -0.2) is 42.2 Å². The van der Waals surface area contributed by atoms with Crippen LogP contribution < -0.4 is 4.74 Å². The Labute approximate surface area is 155 Å².